The fraction of sp³-hybridized carbons (Fsp3) is 0.194. The molecule has 0 aliphatic carbocycles. The van der Waals surface area contributed by atoms with Gasteiger partial charge in [0, 0.05) is 29.7 Å². The largest absolute Gasteiger partial charge is 0.507 e. The number of nitrogens with zero attached hydrogens (tertiary/aromatic N) is 1. The number of carbonyl (C=O) groups is 1. The molecule has 1 unspecified atom stereocenters. The molecule has 190 valence electrons. The van der Waals surface area contributed by atoms with Gasteiger partial charge in [-0.05, 0) is 28.8 Å². The second-order valence-electron chi connectivity index (χ2n) is 9.70. The minimum absolute atomic E-state index is 0.118. The van der Waals surface area contributed by atoms with Crippen LogP contribution < -0.4 is 19.1 Å². The lowest BCUT2D eigenvalue weighted by Crippen LogP contribution is -2.43. The first-order valence-corrected chi connectivity index (χ1v) is 12.6. The van der Waals surface area contributed by atoms with Crippen LogP contribution in [0.3, 0.4) is 0 Å². The van der Waals surface area contributed by atoms with Gasteiger partial charge in [0.25, 0.3) is 5.91 Å². The molecule has 7 rings (SSSR count). The predicted molar refractivity (Wildman–Crippen MR) is 140 cm³/mol. The Labute approximate surface area is 219 Å². The first kappa shape index (κ1) is 22.7. The average molecular weight is 508 g/mol. The number of rotatable bonds is 4. The van der Waals surface area contributed by atoms with E-state index in [0.29, 0.717) is 54.7 Å². The van der Waals surface area contributed by atoms with Crippen molar-refractivity contribution in [2.24, 2.45) is 0 Å². The van der Waals surface area contributed by atoms with E-state index in [1.54, 1.807) is 23.1 Å². The zero-order valence-electron chi connectivity index (χ0n) is 20.5. The van der Waals surface area contributed by atoms with E-state index in [0.717, 1.165) is 16.7 Å². The Balaban J connectivity index is 1.49. The Bertz CT molecular complexity index is 1510. The monoisotopic (exact) mass is 507 g/mol. The Hall–Kier alpha value is -4.49. The average Bonchev–Trinajstić information content (AvgIpc) is 3.49. The summed E-state index contributed by atoms with van der Waals surface area (Å²) >= 11 is 0. The van der Waals surface area contributed by atoms with Crippen molar-refractivity contribution in [1.82, 2.24) is 0 Å². The molecule has 0 saturated carbocycles. The summed E-state index contributed by atoms with van der Waals surface area (Å²) < 4.78 is 17.3. The van der Waals surface area contributed by atoms with E-state index in [1.165, 1.54) is 6.07 Å². The maximum absolute atomic E-state index is 14.6. The minimum atomic E-state index is -2.16. The number of hydrogen-bond donors (Lipinski definition) is 2. The van der Waals surface area contributed by atoms with Crippen LogP contribution in [0.4, 0.5) is 5.69 Å². The summed E-state index contributed by atoms with van der Waals surface area (Å²) in [5.41, 5.74) is 1.38. The van der Waals surface area contributed by atoms with Crippen LogP contribution in [0.2, 0.25) is 0 Å². The molecule has 0 saturated heterocycles. The van der Waals surface area contributed by atoms with E-state index >= 15 is 0 Å². The number of amides is 1. The molecule has 0 bridgehead atoms. The van der Waals surface area contributed by atoms with Crippen LogP contribution in [0.5, 0.6) is 23.0 Å². The summed E-state index contributed by atoms with van der Waals surface area (Å²) in [4.78, 5) is 16.2. The Morgan fingerprint density at radius 2 is 1.34 bits per heavy atom. The summed E-state index contributed by atoms with van der Waals surface area (Å²) in [5.74, 6) is 0.736. The van der Waals surface area contributed by atoms with Gasteiger partial charge >= 0.3 is 0 Å². The molecular formula is C31H25NO6. The molecule has 7 heteroatoms. The highest BCUT2D eigenvalue weighted by Crippen LogP contribution is 2.54. The number of phenolic OH excluding ortho intramolecular Hbond substituents is 1. The van der Waals surface area contributed by atoms with Crippen LogP contribution in [0.15, 0.2) is 84.9 Å². The topological polar surface area (TPSA) is 88.5 Å². The quantitative estimate of drug-likeness (QED) is 0.424. The first-order valence-electron chi connectivity index (χ1n) is 12.6. The number of aromatic hydroxyl groups is 1. The van der Waals surface area contributed by atoms with Gasteiger partial charge in [0.2, 0.25) is 5.60 Å². The predicted octanol–water partition coefficient (Wildman–Crippen LogP) is 4.47. The maximum Gasteiger partial charge on any atom is 0.269 e. The third kappa shape index (κ3) is 3.28. The molecular weight excluding hydrogens is 482 g/mol. The summed E-state index contributed by atoms with van der Waals surface area (Å²) in [6.07, 6.45) is 0.626. The van der Waals surface area contributed by atoms with E-state index in [-0.39, 0.29) is 11.3 Å². The highest BCUT2D eigenvalue weighted by atomic mass is 16.6. The zero-order chi connectivity index (χ0) is 25.9. The van der Waals surface area contributed by atoms with Crippen molar-refractivity contribution in [1.29, 1.82) is 0 Å². The second-order valence-corrected chi connectivity index (χ2v) is 9.70. The third-order valence-corrected chi connectivity index (χ3v) is 7.52. The number of aliphatic hydroxyl groups is 1. The first-order chi connectivity index (χ1) is 18.6. The summed E-state index contributed by atoms with van der Waals surface area (Å²) in [5, 5.41) is 23.5. The number of fused-ring (bicyclic) bond motifs is 3. The van der Waals surface area contributed by atoms with E-state index < -0.39 is 17.6 Å². The Kier molecular flexibility index (Phi) is 5.09. The van der Waals surface area contributed by atoms with Gasteiger partial charge in [0.05, 0.1) is 18.3 Å². The zero-order valence-corrected chi connectivity index (χ0v) is 20.5. The highest BCUT2D eigenvalue weighted by Gasteiger charge is 2.55. The smallest absolute Gasteiger partial charge is 0.269 e. The molecule has 0 spiro atoms. The van der Waals surface area contributed by atoms with Gasteiger partial charge in [-0.3, -0.25) is 9.69 Å². The normalized spacial score (nSPS) is 19.3. The molecule has 0 radical (unpaired) electrons. The second kappa shape index (κ2) is 8.53. The SMILES string of the molecule is O=C1N(C(c2ccccc2)c2ccccc2)c2cc3c(cc2C1(O)c1cc2c(cc1O)OCC2)OCCO3. The molecule has 4 aromatic rings. The van der Waals surface area contributed by atoms with Crippen LogP contribution in [-0.2, 0) is 16.8 Å². The molecule has 2 N–H and O–H groups in total. The van der Waals surface area contributed by atoms with E-state index in [9.17, 15) is 15.0 Å². The van der Waals surface area contributed by atoms with Crippen molar-refractivity contribution < 1.29 is 29.2 Å². The number of hydrogen-bond acceptors (Lipinski definition) is 6. The molecule has 3 aliphatic rings. The van der Waals surface area contributed by atoms with E-state index in [1.807, 2.05) is 60.7 Å². The van der Waals surface area contributed by atoms with Crippen LogP contribution in [0.25, 0.3) is 0 Å². The molecule has 3 heterocycles. The Morgan fingerprint density at radius 1 is 0.737 bits per heavy atom. The standard InChI is InChI=1S/C31H25NO6/c33-25-18-26-21(11-12-36-26)15-23(25)31(35)22-16-27-28(38-14-13-37-27)17-24(22)32(30(31)34)29(19-7-3-1-4-8-19)20-9-5-2-6-10-20/h1-10,15-18,29,33,35H,11-14H2. The molecule has 1 amide bonds. The maximum atomic E-state index is 14.6. The number of anilines is 1. The lowest BCUT2D eigenvalue weighted by Gasteiger charge is -2.31. The van der Waals surface area contributed by atoms with Crippen LogP contribution in [-0.4, -0.2) is 35.9 Å². The van der Waals surface area contributed by atoms with Gasteiger partial charge < -0.3 is 24.4 Å². The van der Waals surface area contributed by atoms with Gasteiger partial charge in [0.15, 0.2) is 11.5 Å². The van der Waals surface area contributed by atoms with E-state index in [4.69, 9.17) is 14.2 Å². The van der Waals surface area contributed by atoms with Gasteiger partial charge in [0.1, 0.15) is 24.7 Å². The highest BCUT2D eigenvalue weighted by molar-refractivity contribution is 6.11. The molecule has 1 atom stereocenters. The Morgan fingerprint density at radius 3 is 2.00 bits per heavy atom. The third-order valence-electron chi connectivity index (χ3n) is 7.52. The molecule has 3 aliphatic heterocycles. The number of benzene rings is 4. The van der Waals surface area contributed by atoms with Crippen LogP contribution >= 0.6 is 0 Å². The minimum Gasteiger partial charge on any atom is -0.507 e. The van der Waals surface area contributed by atoms with Gasteiger partial charge in [-0.2, -0.15) is 0 Å². The molecule has 7 nitrogen and oxygen atoms in total. The van der Waals surface area contributed by atoms with Crippen molar-refractivity contribution in [2.75, 3.05) is 24.7 Å². The lowest BCUT2D eigenvalue weighted by molar-refractivity contribution is -0.132. The van der Waals surface area contributed by atoms with Gasteiger partial charge in [-0.15, -0.1) is 0 Å². The summed E-state index contributed by atoms with van der Waals surface area (Å²) in [6, 6.07) is 25.4. The number of phenols is 1. The summed E-state index contributed by atoms with van der Waals surface area (Å²) in [6.45, 7) is 1.23. The molecule has 38 heavy (non-hydrogen) atoms. The van der Waals surface area contributed by atoms with Gasteiger partial charge in [-0.1, -0.05) is 60.7 Å². The van der Waals surface area contributed by atoms with Gasteiger partial charge in [-0.25, -0.2) is 0 Å². The summed E-state index contributed by atoms with van der Waals surface area (Å²) in [7, 11) is 0. The van der Waals surface area contributed by atoms with Crippen LogP contribution in [0.1, 0.15) is 33.9 Å². The van der Waals surface area contributed by atoms with Crippen molar-refractivity contribution in [3.63, 3.8) is 0 Å². The van der Waals surface area contributed by atoms with Crippen LogP contribution in [0, 0.1) is 0 Å². The van der Waals surface area contributed by atoms with Crippen molar-refractivity contribution in [3.05, 3.63) is 113 Å². The molecule has 0 fully saturated rings. The molecule has 0 aromatic heterocycles. The van der Waals surface area contributed by atoms with Crippen molar-refractivity contribution in [3.8, 4) is 23.0 Å². The van der Waals surface area contributed by atoms with E-state index in [2.05, 4.69) is 0 Å². The fourth-order valence-electron chi connectivity index (χ4n) is 5.75. The molecule has 4 aromatic carbocycles. The van der Waals surface area contributed by atoms with Crippen molar-refractivity contribution in [2.45, 2.75) is 18.1 Å². The number of ether oxygens (including phenoxy) is 3. The fourth-order valence-corrected chi connectivity index (χ4v) is 5.75. The van der Waals surface area contributed by atoms with Crippen molar-refractivity contribution >= 4 is 11.6 Å². The lowest BCUT2D eigenvalue weighted by atomic mass is 9.85. The number of carbonyl (C=O) groups excluding carboxylic acids is 1.